The summed E-state index contributed by atoms with van der Waals surface area (Å²) < 4.78 is 13.1. The average molecular weight is 295 g/mol. The maximum atomic E-state index is 13.1. The zero-order chi connectivity index (χ0) is 15.4. The third-order valence-corrected chi connectivity index (χ3v) is 3.99. The third kappa shape index (κ3) is 3.25. The summed E-state index contributed by atoms with van der Waals surface area (Å²) in [6, 6.07) is 16.5. The number of likely N-dealkylation sites (tertiary alicyclic amines) is 1. The summed E-state index contributed by atoms with van der Waals surface area (Å²) in [5.41, 5.74) is 1.87. The molecule has 0 spiro atoms. The van der Waals surface area contributed by atoms with Crippen LogP contribution in [0, 0.1) is 5.82 Å². The van der Waals surface area contributed by atoms with Gasteiger partial charge in [0, 0.05) is 12.6 Å². The van der Waals surface area contributed by atoms with E-state index in [-0.39, 0.29) is 17.8 Å². The van der Waals surface area contributed by atoms with Crippen molar-refractivity contribution < 1.29 is 9.18 Å². The van der Waals surface area contributed by atoms with Gasteiger partial charge in [-0.2, -0.15) is 0 Å². The van der Waals surface area contributed by atoms with Crippen LogP contribution in [0.25, 0.3) is 6.08 Å². The lowest BCUT2D eigenvalue weighted by Gasteiger charge is -2.23. The van der Waals surface area contributed by atoms with Crippen LogP contribution >= 0.6 is 0 Å². The smallest absolute Gasteiger partial charge is 0.247 e. The molecule has 1 unspecified atom stereocenters. The molecule has 0 aliphatic carbocycles. The number of halogens is 1. The molecule has 3 heteroatoms. The highest BCUT2D eigenvalue weighted by Crippen LogP contribution is 2.31. The zero-order valence-electron chi connectivity index (χ0n) is 12.3. The van der Waals surface area contributed by atoms with Gasteiger partial charge >= 0.3 is 0 Å². The topological polar surface area (TPSA) is 20.3 Å². The Labute approximate surface area is 129 Å². The van der Waals surface area contributed by atoms with E-state index < -0.39 is 0 Å². The molecule has 0 bridgehead atoms. The van der Waals surface area contributed by atoms with Gasteiger partial charge in [-0.25, -0.2) is 4.39 Å². The molecule has 2 aromatic rings. The number of benzene rings is 2. The van der Waals surface area contributed by atoms with Crippen LogP contribution in [0.2, 0.25) is 0 Å². The molecular weight excluding hydrogens is 277 g/mol. The fourth-order valence-corrected chi connectivity index (χ4v) is 2.93. The molecule has 0 radical (unpaired) electrons. The van der Waals surface area contributed by atoms with Gasteiger partial charge in [0.15, 0.2) is 0 Å². The Bertz CT molecular complexity index is 681. The molecule has 1 saturated heterocycles. The average Bonchev–Trinajstić information content (AvgIpc) is 3.03. The van der Waals surface area contributed by atoms with Gasteiger partial charge in [-0.1, -0.05) is 42.5 Å². The SMILES string of the molecule is O=C(/C=C/c1cccc(F)c1)N1CCCC1c1ccccc1. The van der Waals surface area contributed by atoms with Crippen molar-refractivity contribution in [2.24, 2.45) is 0 Å². The summed E-state index contributed by atoms with van der Waals surface area (Å²) in [6.07, 6.45) is 5.21. The Morgan fingerprint density at radius 2 is 1.95 bits per heavy atom. The van der Waals surface area contributed by atoms with Crippen molar-refractivity contribution >= 4 is 12.0 Å². The zero-order valence-corrected chi connectivity index (χ0v) is 12.3. The van der Waals surface area contributed by atoms with Crippen LogP contribution in [0.5, 0.6) is 0 Å². The van der Waals surface area contributed by atoms with Crippen molar-refractivity contribution in [1.29, 1.82) is 0 Å². The molecule has 2 nitrogen and oxygen atoms in total. The summed E-state index contributed by atoms with van der Waals surface area (Å²) in [4.78, 5) is 14.3. The number of rotatable bonds is 3. The van der Waals surface area contributed by atoms with E-state index >= 15 is 0 Å². The van der Waals surface area contributed by atoms with E-state index in [2.05, 4.69) is 12.1 Å². The Morgan fingerprint density at radius 3 is 2.73 bits per heavy atom. The summed E-state index contributed by atoms with van der Waals surface area (Å²) in [5.74, 6) is -0.312. The monoisotopic (exact) mass is 295 g/mol. The largest absolute Gasteiger partial charge is 0.332 e. The summed E-state index contributed by atoms with van der Waals surface area (Å²) >= 11 is 0. The van der Waals surface area contributed by atoms with E-state index in [0.29, 0.717) is 5.56 Å². The molecule has 112 valence electrons. The summed E-state index contributed by atoms with van der Waals surface area (Å²) in [6.45, 7) is 0.770. The molecule has 0 saturated carbocycles. The Morgan fingerprint density at radius 1 is 1.14 bits per heavy atom. The molecule has 2 aromatic carbocycles. The van der Waals surface area contributed by atoms with Gasteiger partial charge < -0.3 is 4.90 Å². The first-order valence-electron chi connectivity index (χ1n) is 7.53. The van der Waals surface area contributed by atoms with Crippen LogP contribution in [0.1, 0.15) is 30.0 Å². The van der Waals surface area contributed by atoms with Gasteiger partial charge in [-0.15, -0.1) is 0 Å². The molecule has 3 rings (SSSR count). The van der Waals surface area contributed by atoms with Crippen LogP contribution < -0.4 is 0 Å². The van der Waals surface area contributed by atoms with E-state index in [1.54, 1.807) is 18.2 Å². The number of hydrogen-bond acceptors (Lipinski definition) is 1. The van der Waals surface area contributed by atoms with Crippen molar-refractivity contribution in [3.8, 4) is 0 Å². The van der Waals surface area contributed by atoms with Gasteiger partial charge in [0.2, 0.25) is 5.91 Å². The lowest BCUT2D eigenvalue weighted by molar-refractivity contribution is -0.126. The Hall–Kier alpha value is -2.42. The molecule has 0 N–H and O–H groups in total. The van der Waals surface area contributed by atoms with Crippen molar-refractivity contribution in [2.75, 3.05) is 6.54 Å². The lowest BCUT2D eigenvalue weighted by Crippen LogP contribution is -2.28. The van der Waals surface area contributed by atoms with E-state index in [0.717, 1.165) is 19.4 Å². The molecule has 1 aliphatic heterocycles. The fraction of sp³-hybridized carbons (Fsp3) is 0.211. The van der Waals surface area contributed by atoms with Gasteiger partial charge in [-0.3, -0.25) is 4.79 Å². The van der Waals surface area contributed by atoms with Crippen LogP contribution in [-0.4, -0.2) is 17.4 Å². The first-order chi connectivity index (χ1) is 10.7. The first-order valence-corrected chi connectivity index (χ1v) is 7.53. The maximum Gasteiger partial charge on any atom is 0.247 e. The number of amides is 1. The molecule has 22 heavy (non-hydrogen) atoms. The van der Waals surface area contributed by atoms with E-state index in [1.807, 2.05) is 23.1 Å². The molecule has 1 amide bonds. The number of carbonyl (C=O) groups excluding carboxylic acids is 1. The van der Waals surface area contributed by atoms with Crippen LogP contribution in [0.4, 0.5) is 4.39 Å². The highest BCUT2D eigenvalue weighted by atomic mass is 19.1. The fourth-order valence-electron chi connectivity index (χ4n) is 2.93. The van der Waals surface area contributed by atoms with Gasteiger partial charge in [0.05, 0.1) is 6.04 Å². The summed E-state index contributed by atoms with van der Waals surface area (Å²) in [7, 11) is 0. The minimum absolute atomic E-state index is 0.0179. The van der Waals surface area contributed by atoms with Crippen molar-refractivity contribution in [3.63, 3.8) is 0 Å². The third-order valence-electron chi connectivity index (χ3n) is 3.99. The van der Waals surface area contributed by atoms with E-state index in [1.165, 1.54) is 23.8 Å². The number of carbonyl (C=O) groups is 1. The van der Waals surface area contributed by atoms with Gasteiger partial charge in [-0.05, 0) is 42.2 Å². The van der Waals surface area contributed by atoms with Crippen LogP contribution in [-0.2, 0) is 4.79 Å². The normalized spacial score (nSPS) is 18.0. The number of nitrogens with zero attached hydrogens (tertiary/aromatic N) is 1. The molecule has 1 atom stereocenters. The summed E-state index contributed by atoms with van der Waals surface area (Å²) in [5, 5.41) is 0. The molecular formula is C19H18FNO. The second-order valence-corrected chi connectivity index (χ2v) is 5.49. The van der Waals surface area contributed by atoms with Crippen molar-refractivity contribution in [1.82, 2.24) is 4.90 Å². The molecule has 0 aromatic heterocycles. The molecule has 1 heterocycles. The second-order valence-electron chi connectivity index (χ2n) is 5.49. The maximum absolute atomic E-state index is 13.1. The Kier molecular flexibility index (Phi) is 4.33. The lowest BCUT2D eigenvalue weighted by atomic mass is 10.0. The second kappa shape index (κ2) is 6.56. The van der Waals surface area contributed by atoms with E-state index in [4.69, 9.17) is 0 Å². The quantitative estimate of drug-likeness (QED) is 0.777. The van der Waals surface area contributed by atoms with Crippen LogP contribution in [0.3, 0.4) is 0 Å². The predicted octanol–water partition coefficient (Wildman–Crippen LogP) is 4.20. The Balaban J connectivity index is 1.74. The van der Waals surface area contributed by atoms with Crippen LogP contribution in [0.15, 0.2) is 60.7 Å². The highest BCUT2D eigenvalue weighted by Gasteiger charge is 2.28. The first kappa shape index (κ1) is 14.5. The van der Waals surface area contributed by atoms with Crippen molar-refractivity contribution in [3.05, 3.63) is 77.6 Å². The van der Waals surface area contributed by atoms with E-state index in [9.17, 15) is 9.18 Å². The molecule has 1 aliphatic rings. The van der Waals surface area contributed by atoms with Crippen molar-refractivity contribution in [2.45, 2.75) is 18.9 Å². The predicted molar refractivity (Wildman–Crippen MR) is 85.6 cm³/mol. The highest BCUT2D eigenvalue weighted by molar-refractivity contribution is 5.92. The molecule has 1 fully saturated rings. The number of hydrogen-bond donors (Lipinski definition) is 0. The minimum Gasteiger partial charge on any atom is -0.332 e. The standard InChI is InChI=1S/C19H18FNO/c20-17-9-4-6-15(14-17)11-12-19(22)21-13-5-10-18(21)16-7-2-1-3-8-16/h1-4,6-9,11-12,14,18H,5,10,13H2/b12-11+. The van der Waals surface area contributed by atoms with Gasteiger partial charge in [0.1, 0.15) is 5.82 Å². The van der Waals surface area contributed by atoms with Gasteiger partial charge in [0.25, 0.3) is 0 Å². The minimum atomic E-state index is -0.294.